The van der Waals surface area contributed by atoms with Gasteiger partial charge >= 0.3 is 0 Å². The number of anilines is 1. The second-order valence-corrected chi connectivity index (χ2v) is 4.84. The third-order valence-corrected chi connectivity index (χ3v) is 3.44. The molecular formula is C12H12BrN3O. The molecule has 1 unspecified atom stereocenters. The van der Waals surface area contributed by atoms with Gasteiger partial charge in [-0.1, -0.05) is 0 Å². The molecule has 2 N–H and O–H groups in total. The van der Waals surface area contributed by atoms with Crippen molar-refractivity contribution in [1.82, 2.24) is 5.32 Å². The first-order valence-corrected chi connectivity index (χ1v) is 6.21. The third kappa shape index (κ3) is 2.84. The van der Waals surface area contributed by atoms with E-state index in [-0.39, 0.29) is 11.8 Å². The zero-order valence-corrected chi connectivity index (χ0v) is 10.8. The van der Waals surface area contributed by atoms with Gasteiger partial charge in [0.15, 0.2) is 0 Å². The smallest absolute Gasteiger partial charge is 0.228 e. The van der Waals surface area contributed by atoms with Gasteiger partial charge in [0, 0.05) is 11.0 Å². The van der Waals surface area contributed by atoms with Crippen molar-refractivity contribution in [1.29, 1.82) is 5.26 Å². The van der Waals surface area contributed by atoms with Gasteiger partial charge in [-0.25, -0.2) is 0 Å². The Labute approximate surface area is 108 Å². The summed E-state index contributed by atoms with van der Waals surface area (Å²) < 4.78 is 0.732. The highest BCUT2D eigenvalue weighted by Crippen LogP contribution is 2.24. The fraction of sp³-hybridized carbons (Fsp3) is 0.333. The first-order valence-electron chi connectivity index (χ1n) is 5.42. The second kappa shape index (κ2) is 5.30. The molecule has 0 bridgehead atoms. The Balaban J connectivity index is 2.08. The third-order valence-electron chi connectivity index (χ3n) is 2.79. The lowest BCUT2D eigenvalue weighted by Gasteiger charge is -2.11. The molecule has 88 valence electrons. The lowest BCUT2D eigenvalue weighted by molar-refractivity contribution is -0.119. The maximum Gasteiger partial charge on any atom is 0.228 e. The number of nitrogens with one attached hydrogen (secondary N) is 2. The molecule has 5 heteroatoms. The summed E-state index contributed by atoms with van der Waals surface area (Å²) in [7, 11) is 0. The minimum Gasteiger partial charge on any atom is -0.325 e. The number of rotatable bonds is 2. The van der Waals surface area contributed by atoms with Crippen LogP contribution in [0.2, 0.25) is 0 Å². The number of benzene rings is 1. The largest absolute Gasteiger partial charge is 0.325 e. The van der Waals surface area contributed by atoms with Crippen molar-refractivity contribution in [3.8, 4) is 6.07 Å². The van der Waals surface area contributed by atoms with Gasteiger partial charge in [0.1, 0.15) is 0 Å². The molecular weight excluding hydrogens is 282 g/mol. The number of nitriles is 1. The molecule has 1 aromatic carbocycles. The Hall–Kier alpha value is -1.38. The first-order chi connectivity index (χ1) is 8.20. The summed E-state index contributed by atoms with van der Waals surface area (Å²) in [6.45, 7) is 1.63. The molecule has 1 fully saturated rings. The van der Waals surface area contributed by atoms with Crippen molar-refractivity contribution in [2.75, 3.05) is 18.4 Å². The molecule has 1 amide bonds. The van der Waals surface area contributed by atoms with E-state index < -0.39 is 0 Å². The monoisotopic (exact) mass is 293 g/mol. The molecule has 1 atom stereocenters. The summed E-state index contributed by atoms with van der Waals surface area (Å²) in [5.74, 6) is 0.0675. The Kier molecular flexibility index (Phi) is 3.77. The molecule has 0 radical (unpaired) electrons. The molecule has 4 nitrogen and oxygen atoms in total. The molecule has 0 aliphatic carbocycles. The van der Waals surface area contributed by atoms with Crippen LogP contribution in [0.25, 0.3) is 0 Å². The van der Waals surface area contributed by atoms with E-state index in [1.165, 1.54) is 0 Å². The van der Waals surface area contributed by atoms with Gasteiger partial charge in [0.2, 0.25) is 5.91 Å². The van der Waals surface area contributed by atoms with Gasteiger partial charge in [0.25, 0.3) is 0 Å². The molecule has 1 aliphatic rings. The zero-order valence-electron chi connectivity index (χ0n) is 9.16. The molecule has 0 saturated carbocycles. The van der Waals surface area contributed by atoms with Crippen LogP contribution >= 0.6 is 15.9 Å². The number of hydrogen-bond acceptors (Lipinski definition) is 3. The number of halogens is 1. The lowest BCUT2D eigenvalue weighted by atomic mass is 10.1. The summed E-state index contributed by atoms with van der Waals surface area (Å²) in [6, 6.07) is 7.17. The van der Waals surface area contributed by atoms with Gasteiger partial charge in [-0.2, -0.15) is 5.26 Å². The minimum atomic E-state index is 0.0282. The van der Waals surface area contributed by atoms with E-state index in [2.05, 4.69) is 32.6 Å². The van der Waals surface area contributed by atoms with Crippen LogP contribution in [0.1, 0.15) is 12.0 Å². The van der Waals surface area contributed by atoms with Gasteiger partial charge in [0.05, 0.1) is 23.2 Å². The number of carbonyl (C=O) groups is 1. The van der Waals surface area contributed by atoms with Crippen molar-refractivity contribution >= 4 is 27.5 Å². The highest BCUT2D eigenvalue weighted by molar-refractivity contribution is 9.10. The molecule has 0 spiro atoms. The van der Waals surface area contributed by atoms with Crippen LogP contribution in [0.15, 0.2) is 22.7 Å². The SMILES string of the molecule is N#Cc1ccc(NC(=O)C2CCNC2)c(Br)c1. The van der Waals surface area contributed by atoms with Gasteiger partial charge in [-0.3, -0.25) is 4.79 Å². The fourth-order valence-electron chi connectivity index (χ4n) is 1.80. The maximum absolute atomic E-state index is 11.9. The van der Waals surface area contributed by atoms with Crippen LogP contribution in [0, 0.1) is 17.2 Å². The van der Waals surface area contributed by atoms with Crippen molar-refractivity contribution in [2.24, 2.45) is 5.92 Å². The van der Waals surface area contributed by atoms with Crippen LogP contribution in [-0.4, -0.2) is 19.0 Å². The topological polar surface area (TPSA) is 64.9 Å². The average molecular weight is 294 g/mol. The standard InChI is InChI=1S/C12H12BrN3O/c13-10-5-8(6-14)1-2-11(10)16-12(17)9-3-4-15-7-9/h1-2,5,9,15H,3-4,7H2,(H,16,17). The quantitative estimate of drug-likeness (QED) is 0.875. The highest BCUT2D eigenvalue weighted by Gasteiger charge is 2.22. The molecule has 1 aliphatic heterocycles. The summed E-state index contributed by atoms with van der Waals surface area (Å²) in [4.78, 5) is 11.9. The van der Waals surface area contributed by atoms with E-state index in [9.17, 15) is 4.79 Å². The average Bonchev–Trinajstić information content (AvgIpc) is 2.85. The van der Waals surface area contributed by atoms with Crippen LogP contribution < -0.4 is 10.6 Å². The molecule has 2 rings (SSSR count). The van der Waals surface area contributed by atoms with E-state index >= 15 is 0 Å². The van der Waals surface area contributed by atoms with Gasteiger partial charge in [-0.15, -0.1) is 0 Å². The van der Waals surface area contributed by atoms with E-state index in [0.29, 0.717) is 11.3 Å². The zero-order chi connectivity index (χ0) is 12.3. The minimum absolute atomic E-state index is 0.0282. The van der Waals surface area contributed by atoms with Crippen molar-refractivity contribution < 1.29 is 4.79 Å². The second-order valence-electron chi connectivity index (χ2n) is 3.99. The molecule has 1 aromatic rings. The van der Waals surface area contributed by atoms with E-state index in [1.54, 1.807) is 18.2 Å². The number of amides is 1. The van der Waals surface area contributed by atoms with E-state index in [0.717, 1.165) is 24.0 Å². The van der Waals surface area contributed by atoms with Crippen molar-refractivity contribution in [3.05, 3.63) is 28.2 Å². The summed E-state index contributed by atoms with van der Waals surface area (Å²) >= 11 is 3.34. The Morgan fingerprint density at radius 1 is 1.59 bits per heavy atom. The molecule has 1 saturated heterocycles. The van der Waals surface area contributed by atoms with Crippen molar-refractivity contribution in [2.45, 2.75) is 6.42 Å². The van der Waals surface area contributed by atoms with E-state index in [1.807, 2.05) is 0 Å². The highest BCUT2D eigenvalue weighted by atomic mass is 79.9. The Morgan fingerprint density at radius 3 is 3.00 bits per heavy atom. The maximum atomic E-state index is 11.9. The van der Waals surface area contributed by atoms with Crippen LogP contribution in [0.4, 0.5) is 5.69 Å². The van der Waals surface area contributed by atoms with Crippen molar-refractivity contribution in [3.63, 3.8) is 0 Å². The van der Waals surface area contributed by atoms with Crippen LogP contribution in [0.5, 0.6) is 0 Å². The Morgan fingerprint density at radius 2 is 2.41 bits per heavy atom. The van der Waals surface area contributed by atoms with Gasteiger partial charge in [-0.05, 0) is 47.1 Å². The number of nitrogens with zero attached hydrogens (tertiary/aromatic N) is 1. The molecule has 17 heavy (non-hydrogen) atoms. The predicted octanol–water partition coefficient (Wildman–Crippen LogP) is 1.87. The number of carbonyl (C=O) groups excluding carboxylic acids is 1. The number of hydrogen-bond donors (Lipinski definition) is 2. The predicted molar refractivity (Wildman–Crippen MR) is 68.5 cm³/mol. The normalized spacial score (nSPS) is 18.7. The first kappa shape index (κ1) is 12.1. The fourth-order valence-corrected chi connectivity index (χ4v) is 2.28. The van der Waals surface area contributed by atoms with Gasteiger partial charge < -0.3 is 10.6 Å². The summed E-state index contributed by atoms with van der Waals surface area (Å²) in [5.41, 5.74) is 1.28. The van der Waals surface area contributed by atoms with E-state index in [4.69, 9.17) is 5.26 Å². The lowest BCUT2D eigenvalue weighted by Crippen LogP contribution is -2.24. The van der Waals surface area contributed by atoms with Crippen LogP contribution in [-0.2, 0) is 4.79 Å². The molecule has 0 aromatic heterocycles. The van der Waals surface area contributed by atoms with Crippen LogP contribution in [0.3, 0.4) is 0 Å². The summed E-state index contributed by atoms with van der Waals surface area (Å²) in [6.07, 6.45) is 0.875. The summed E-state index contributed by atoms with van der Waals surface area (Å²) in [5, 5.41) is 14.8. The Bertz CT molecular complexity index is 475. The molecule has 1 heterocycles.